The van der Waals surface area contributed by atoms with Crippen LogP contribution >= 0.6 is 23.8 Å². The maximum absolute atomic E-state index is 5.98. The second-order valence-electron chi connectivity index (χ2n) is 3.90. The third kappa shape index (κ3) is 5.32. The van der Waals surface area contributed by atoms with E-state index in [1.54, 1.807) is 32.4 Å². The van der Waals surface area contributed by atoms with Crippen molar-refractivity contribution >= 4 is 34.6 Å². The summed E-state index contributed by atoms with van der Waals surface area (Å²) in [5, 5.41) is 8.22. The number of rotatable bonds is 6. The lowest BCUT2D eigenvalue weighted by atomic mass is 10.1. The Morgan fingerprint density at radius 1 is 1.40 bits per heavy atom. The van der Waals surface area contributed by atoms with Crippen LogP contribution in [0.5, 0.6) is 5.75 Å². The molecule has 7 heteroatoms. The van der Waals surface area contributed by atoms with E-state index in [0.717, 1.165) is 11.3 Å². The van der Waals surface area contributed by atoms with Crippen molar-refractivity contribution in [1.29, 1.82) is 0 Å². The molecular formula is C13H18ClN3O2S. The maximum atomic E-state index is 5.98. The summed E-state index contributed by atoms with van der Waals surface area (Å²) in [6, 6.07) is 5.36. The van der Waals surface area contributed by atoms with Crippen molar-refractivity contribution in [2.45, 2.75) is 6.92 Å². The standard InChI is InChI=1S/C13H18ClN3O2S/c1-9(16-17-13(20)15-6-7-18-2)11-8-10(14)4-5-12(11)19-3/h4-5,8H,6-7H2,1-3H3,(H2,15,17,20)/b16-9-. The van der Waals surface area contributed by atoms with Crippen LogP contribution < -0.4 is 15.5 Å². The minimum atomic E-state index is 0.433. The topological polar surface area (TPSA) is 54.9 Å². The Balaban J connectivity index is 2.69. The van der Waals surface area contributed by atoms with Crippen LogP contribution in [-0.2, 0) is 4.74 Å². The van der Waals surface area contributed by atoms with Gasteiger partial charge in [-0.05, 0) is 37.3 Å². The molecule has 0 saturated carbocycles. The summed E-state index contributed by atoms with van der Waals surface area (Å²) in [7, 11) is 3.23. The van der Waals surface area contributed by atoms with Crippen molar-refractivity contribution in [3.8, 4) is 5.75 Å². The van der Waals surface area contributed by atoms with Crippen molar-refractivity contribution in [3.63, 3.8) is 0 Å². The van der Waals surface area contributed by atoms with Crippen LogP contribution in [0, 0.1) is 0 Å². The van der Waals surface area contributed by atoms with Gasteiger partial charge in [0.15, 0.2) is 5.11 Å². The number of hydrogen-bond acceptors (Lipinski definition) is 4. The van der Waals surface area contributed by atoms with Crippen molar-refractivity contribution in [3.05, 3.63) is 28.8 Å². The second-order valence-corrected chi connectivity index (χ2v) is 4.75. The molecule has 1 aromatic rings. The first-order valence-corrected chi connectivity index (χ1v) is 6.78. The normalized spacial score (nSPS) is 11.1. The highest BCUT2D eigenvalue weighted by molar-refractivity contribution is 7.80. The van der Waals surface area contributed by atoms with Gasteiger partial charge in [0.25, 0.3) is 0 Å². The average Bonchev–Trinajstić information content (AvgIpc) is 2.45. The zero-order valence-electron chi connectivity index (χ0n) is 11.7. The zero-order chi connectivity index (χ0) is 15.0. The molecule has 0 saturated heterocycles. The molecule has 0 aliphatic rings. The largest absolute Gasteiger partial charge is 0.496 e. The van der Waals surface area contributed by atoms with Crippen LogP contribution in [0.15, 0.2) is 23.3 Å². The van der Waals surface area contributed by atoms with Gasteiger partial charge in [-0.15, -0.1) is 0 Å². The number of methoxy groups -OCH3 is 2. The summed E-state index contributed by atoms with van der Waals surface area (Å²) in [4.78, 5) is 0. The molecule has 110 valence electrons. The Hall–Kier alpha value is -1.37. The Morgan fingerprint density at radius 2 is 2.15 bits per heavy atom. The molecule has 1 rings (SSSR count). The lowest BCUT2D eigenvalue weighted by Gasteiger charge is -2.10. The minimum Gasteiger partial charge on any atom is -0.496 e. The summed E-state index contributed by atoms with van der Waals surface area (Å²) in [5.41, 5.74) is 4.30. The molecule has 2 N–H and O–H groups in total. The van der Waals surface area contributed by atoms with Crippen molar-refractivity contribution in [2.75, 3.05) is 27.4 Å². The van der Waals surface area contributed by atoms with Gasteiger partial charge in [-0.2, -0.15) is 5.10 Å². The molecule has 0 fully saturated rings. The van der Waals surface area contributed by atoms with Gasteiger partial charge in [0.05, 0.1) is 19.4 Å². The number of nitrogens with one attached hydrogen (secondary N) is 2. The van der Waals surface area contributed by atoms with Crippen molar-refractivity contribution in [2.24, 2.45) is 5.10 Å². The minimum absolute atomic E-state index is 0.433. The Morgan fingerprint density at radius 3 is 2.80 bits per heavy atom. The van der Waals surface area contributed by atoms with E-state index in [2.05, 4.69) is 15.8 Å². The third-order valence-electron chi connectivity index (χ3n) is 2.47. The number of benzene rings is 1. The number of halogens is 1. The monoisotopic (exact) mass is 315 g/mol. The first-order chi connectivity index (χ1) is 9.58. The molecule has 0 bridgehead atoms. The first kappa shape index (κ1) is 16.7. The van der Waals surface area contributed by atoms with E-state index in [4.69, 9.17) is 33.3 Å². The molecule has 0 aromatic heterocycles. The Bertz CT molecular complexity index is 495. The van der Waals surface area contributed by atoms with Gasteiger partial charge in [-0.1, -0.05) is 11.6 Å². The SMILES string of the molecule is COCCNC(=S)N/N=C(/C)c1cc(Cl)ccc1OC. The fourth-order valence-corrected chi connectivity index (χ4v) is 1.78. The molecular weight excluding hydrogens is 298 g/mol. The van der Waals surface area contributed by atoms with Crippen LogP contribution in [-0.4, -0.2) is 38.2 Å². The van der Waals surface area contributed by atoms with Gasteiger partial charge >= 0.3 is 0 Å². The van der Waals surface area contributed by atoms with E-state index in [1.807, 2.05) is 6.92 Å². The predicted molar refractivity (Wildman–Crippen MR) is 85.8 cm³/mol. The Labute approximate surface area is 129 Å². The van der Waals surface area contributed by atoms with E-state index in [1.165, 1.54) is 0 Å². The molecule has 0 atom stereocenters. The third-order valence-corrected chi connectivity index (χ3v) is 2.94. The van der Waals surface area contributed by atoms with Gasteiger partial charge in [0, 0.05) is 24.2 Å². The second kappa shape index (κ2) is 8.73. The zero-order valence-corrected chi connectivity index (χ0v) is 13.3. The van der Waals surface area contributed by atoms with E-state index in [0.29, 0.717) is 29.0 Å². The van der Waals surface area contributed by atoms with Crippen molar-refractivity contribution in [1.82, 2.24) is 10.7 Å². The maximum Gasteiger partial charge on any atom is 0.187 e. The summed E-state index contributed by atoms with van der Waals surface area (Å²) >= 11 is 11.1. The van der Waals surface area contributed by atoms with Gasteiger partial charge in [0.1, 0.15) is 5.75 Å². The number of nitrogens with zero attached hydrogens (tertiary/aromatic N) is 1. The highest BCUT2D eigenvalue weighted by Gasteiger charge is 2.07. The number of hydrazone groups is 1. The smallest absolute Gasteiger partial charge is 0.187 e. The van der Waals surface area contributed by atoms with E-state index in [-0.39, 0.29) is 0 Å². The highest BCUT2D eigenvalue weighted by atomic mass is 35.5. The number of hydrogen-bond donors (Lipinski definition) is 2. The van der Waals surface area contributed by atoms with E-state index >= 15 is 0 Å². The summed E-state index contributed by atoms with van der Waals surface area (Å²) in [6.45, 7) is 3.04. The van der Waals surface area contributed by atoms with Crippen LogP contribution in [0.2, 0.25) is 5.02 Å². The predicted octanol–water partition coefficient (Wildman–Crippen LogP) is 2.18. The lowest BCUT2D eigenvalue weighted by molar-refractivity contribution is 0.204. The van der Waals surface area contributed by atoms with Crippen molar-refractivity contribution < 1.29 is 9.47 Å². The van der Waals surface area contributed by atoms with E-state index < -0.39 is 0 Å². The van der Waals surface area contributed by atoms with E-state index in [9.17, 15) is 0 Å². The molecule has 1 aromatic carbocycles. The first-order valence-electron chi connectivity index (χ1n) is 5.99. The molecule has 20 heavy (non-hydrogen) atoms. The summed E-state index contributed by atoms with van der Waals surface area (Å²) < 4.78 is 10.2. The van der Waals surface area contributed by atoms with Gasteiger partial charge in [0.2, 0.25) is 0 Å². The van der Waals surface area contributed by atoms with Crippen LogP contribution in [0.4, 0.5) is 0 Å². The average molecular weight is 316 g/mol. The van der Waals surface area contributed by atoms with Gasteiger partial charge in [-0.25, -0.2) is 0 Å². The van der Waals surface area contributed by atoms with Gasteiger partial charge in [-0.3, -0.25) is 5.43 Å². The van der Waals surface area contributed by atoms with Crippen LogP contribution in [0.25, 0.3) is 0 Å². The lowest BCUT2D eigenvalue weighted by Crippen LogP contribution is -2.34. The number of thiocarbonyl (C=S) groups is 1. The molecule has 5 nitrogen and oxygen atoms in total. The molecule has 0 aliphatic heterocycles. The van der Waals surface area contributed by atoms with Crippen LogP contribution in [0.3, 0.4) is 0 Å². The summed E-state index contributed by atoms with van der Waals surface area (Å²) in [6.07, 6.45) is 0. The molecule has 0 radical (unpaired) electrons. The fourth-order valence-electron chi connectivity index (χ4n) is 1.46. The molecule has 0 heterocycles. The molecule has 0 amide bonds. The molecule has 0 spiro atoms. The fraction of sp³-hybridized carbons (Fsp3) is 0.385. The van der Waals surface area contributed by atoms with Crippen LogP contribution in [0.1, 0.15) is 12.5 Å². The van der Waals surface area contributed by atoms with Gasteiger partial charge < -0.3 is 14.8 Å². The highest BCUT2D eigenvalue weighted by Crippen LogP contribution is 2.23. The quantitative estimate of drug-likeness (QED) is 0.365. The molecule has 0 unspecified atom stereocenters. The Kier molecular flexibility index (Phi) is 7.28. The summed E-state index contributed by atoms with van der Waals surface area (Å²) in [5.74, 6) is 0.704. The molecule has 0 aliphatic carbocycles. The number of ether oxygens (including phenoxy) is 2.